The van der Waals surface area contributed by atoms with E-state index in [0.29, 0.717) is 0 Å². The minimum absolute atomic E-state index is 0.142. The first kappa shape index (κ1) is 17.5. The second-order valence-corrected chi connectivity index (χ2v) is 5.72. The molecule has 0 aromatic heterocycles. The van der Waals surface area contributed by atoms with Crippen LogP contribution < -0.4 is 21.1 Å². The molecule has 1 rings (SSSR count). The van der Waals surface area contributed by atoms with Crippen molar-refractivity contribution in [2.24, 2.45) is 5.73 Å². The Kier molecular flexibility index (Phi) is 5.91. The van der Waals surface area contributed by atoms with E-state index < -0.39 is 11.8 Å². The molecule has 0 bridgehead atoms. The Morgan fingerprint density at radius 3 is 2.36 bits per heavy atom. The summed E-state index contributed by atoms with van der Waals surface area (Å²) in [6.07, 6.45) is 0. The number of primary amides is 1. The van der Waals surface area contributed by atoms with Crippen molar-refractivity contribution in [3.8, 4) is 5.75 Å². The minimum atomic E-state index is -0.638. The van der Waals surface area contributed by atoms with Gasteiger partial charge in [-0.25, -0.2) is 0 Å². The lowest BCUT2D eigenvalue weighted by Gasteiger charge is -2.20. The summed E-state index contributed by atoms with van der Waals surface area (Å²) in [6, 6.07) is 6.35. The summed E-state index contributed by atoms with van der Waals surface area (Å²) in [4.78, 5) is 34.4. The molecule has 0 aliphatic heterocycles. The van der Waals surface area contributed by atoms with Crippen molar-refractivity contribution in [2.45, 2.75) is 26.3 Å². The predicted octanol–water partition coefficient (Wildman–Crippen LogP) is 0.195. The molecule has 0 atom stereocenters. The Hall–Kier alpha value is -2.57. The van der Waals surface area contributed by atoms with Gasteiger partial charge < -0.3 is 21.1 Å². The topological polar surface area (TPSA) is 111 Å². The average Bonchev–Trinajstić information content (AvgIpc) is 2.41. The molecule has 1 aromatic rings. The molecule has 0 spiro atoms. The summed E-state index contributed by atoms with van der Waals surface area (Å²) >= 11 is 0. The summed E-state index contributed by atoms with van der Waals surface area (Å²) < 4.78 is 5.25. The van der Waals surface area contributed by atoms with Crippen LogP contribution in [0.15, 0.2) is 24.3 Å². The van der Waals surface area contributed by atoms with Crippen molar-refractivity contribution >= 4 is 17.7 Å². The first-order valence-corrected chi connectivity index (χ1v) is 6.78. The minimum Gasteiger partial charge on any atom is -0.483 e. The Labute approximate surface area is 129 Å². The van der Waals surface area contributed by atoms with Crippen LogP contribution in [0.3, 0.4) is 0 Å². The highest BCUT2D eigenvalue weighted by atomic mass is 16.5. The van der Waals surface area contributed by atoms with Crippen LogP contribution >= 0.6 is 0 Å². The summed E-state index contributed by atoms with van der Waals surface area (Å²) in [7, 11) is 0. The molecule has 0 saturated carbocycles. The molecule has 0 radical (unpaired) electrons. The second kappa shape index (κ2) is 7.44. The third-order valence-corrected chi connectivity index (χ3v) is 2.47. The summed E-state index contributed by atoms with van der Waals surface area (Å²) in [5, 5.41) is 5.15. The van der Waals surface area contributed by atoms with Gasteiger partial charge in [0, 0.05) is 5.54 Å². The smallest absolute Gasteiger partial charge is 0.258 e. The maximum Gasteiger partial charge on any atom is 0.258 e. The van der Waals surface area contributed by atoms with Gasteiger partial charge in [0.15, 0.2) is 6.61 Å². The fourth-order valence-electron chi connectivity index (χ4n) is 1.63. The lowest BCUT2D eigenvalue weighted by molar-refractivity contribution is -0.127. The maximum atomic E-state index is 11.6. The van der Waals surface area contributed by atoms with E-state index in [1.54, 1.807) is 18.2 Å². The van der Waals surface area contributed by atoms with Crippen molar-refractivity contribution < 1.29 is 19.1 Å². The van der Waals surface area contributed by atoms with Gasteiger partial charge in [0.2, 0.25) is 5.91 Å². The molecule has 3 amide bonds. The lowest BCUT2D eigenvalue weighted by atomic mass is 10.1. The van der Waals surface area contributed by atoms with Crippen LogP contribution in [0.25, 0.3) is 0 Å². The summed E-state index contributed by atoms with van der Waals surface area (Å²) in [6.45, 7) is 5.08. The van der Waals surface area contributed by atoms with Gasteiger partial charge in [0.25, 0.3) is 11.8 Å². The van der Waals surface area contributed by atoms with Gasteiger partial charge in [-0.3, -0.25) is 14.4 Å². The Bertz CT molecular complexity index is 564. The normalized spacial score (nSPS) is 10.7. The van der Waals surface area contributed by atoms with Crippen LogP contribution in [-0.4, -0.2) is 36.4 Å². The number of amides is 3. The molecule has 0 saturated heterocycles. The standard InChI is InChI=1S/C15H21N3O4/c1-15(2,3)18-12(19)8-17-13(20)9-22-11-7-5-4-6-10(11)14(16)21/h4-7H,8-9H2,1-3H3,(H2,16,21)(H,17,20)(H,18,19). The zero-order valence-corrected chi connectivity index (χ0v) is 12.9. The molecule has 1 aromatic carbocycles. The molecular formula is C15H21N3O4. The molecule has 7 nitrogen and oxygen atoms in total. The number of hydrogen-bond acceptors (Lipinski definition) is 4. The van der Waals surface area contributed by atoms with Gasteiger partial charge in [-0.1, -0.05) is 12.1 Å². The Balaban J connectivity index is 2.44. The second-order valence-electron chi connectivity index (χ2n) is 5.72. The van der Waals surface area contributed by atoms with Crippen molar-refractivity contribution in [1.82, 2.24) is 10.6 Å². The molecular weight excluding hydrogens is 286 g/mol. The van der Waals surface area contributed by atoms with E-state index >= 15 is 0 Å². The molecule has 0 unspecified atom stereocenters. The van der Waals surface area contributed by atoms with E-state index in [2.05, 4.69) is 10.6 Å². The molecule has 0 heterocycles. The monoisotopic (exact) mass is 307 g/mol. The quantitative estimate of drug-likeness (QED) is 0.697. The van der Waals surface area contributed by atoms with Gasteiger partial charge in [-0.05, 0) is 32.9 Å². The van der Waals surface area contributed by atoms with Gasteiger partial charge in [-0.2, -0.15) is 0 Å². The van der Waals surface area contributed by atoms with E-state index in [1.807, 2.05) is 20.8 Å². The average molecular weight is 307 g/mol. The van der Waals surface area contributed by atoms with Crippen LogP contribution in [0.5, 0.6) is 5.75 Å². The van der Waals surface area contributed by atoms with Gasteiger partial charge in [0.1, 0.15) is 5.75 Å². The van der Waals surface area contributed by atoms with Crippen molar-refractivity contribution in [3.05, 3.63) is 29.8 Å². The number of carbonyl (C=O) groups excluding carboxylic acids is 3. The summed E-state index contributed by atoms with van der Waals surface area (Å²) in [5.41, 5.74) is 5.04. The van der Waals surface area contributed by atoms with E-state index in [4.69, 9.17) is 10.5 Å². The van der Waals surface area contributed by atoms with Gasteiger partial charge in [-0.15, -0.1) is 0 Å². The number of nitrogens with two attached hydrogens (primary N) is 1. The first-order chi connectivity index (χ1) is 10.2. The van der Waals surface area contributed by atoms with Crippen LogP contribution in [0.1, 0.15) is 31.1 Å². The SMILES string of the molecule is CC(C)(C)NC(=O)CNC(=O)COc1ccccc1C(N)=O. The number of rotatable bonds is 6. The zero-order chi connectivity index (χ0) is 16.8. The van der Waals surface area contributed by atoms with Crippen LogP contribution in [0, 0.1) is 0 Å². The van der Waals surface area contributed by atoms with E-state index in [9.17, 15) is 14.4 Å². The molecule has 0 fully saturated rings. The fourth-order valence-corrected chi connectivity index (χ4v) is 1.63. The van der Waals surface area contributed by atoms with Crippen LogP contribution in [0.2, 0.25) is 0 Å². The van der Waals surface area contributed by atoms with Crippen LogP contribution in [0.4, 0.5) is 0 Å². The number of nitrogens with one attached hydrogen (secondary N) is 2. The van der Waals surface area contributed by atoms with Crippen LogP contribution in [-0.2, 0) is 9.59 Å². The van der Waals surface area contributed by atoms with E-state index in [-0.39, 0.29) is 35.9 Å². The fraction of sp³-hybridized carbons (Fsp3) is 0.400. The number of benzene rings is 1. The highest BCUT2D eigenvalue weighted by molar-refractivity contribution is 5.95. The predicted molar refractivity (Wildman–Crippen MR) is 81.4 cm³/mol. The molecule has 120 valence electrons. The number of para-hydroxylation sites is 1. The largest absolute Gasteiger partial charge is 0.483 e. The first-order valence-electron chi connectivity index (χ1n) is 6.78. The number of carbonyl (C=O) groups is 3. The van der Waals surface area contributed by atoms with Crippen molar-refractivity contribution in [2.75, 3.05) is 13.2 Å². The third kappa shape index (κ3) is 6.25. The third-order valence-electron chi connectivity index (χ3n) is 2.47. The Morgan fingerprint density at radius 2 is 1.77 bits per heavy atom. The van der Waals surface area contributed by atoms with E-state index in [0.717, 1.165) is 0 Å². The molecule has 0 aliphatic carbocycles. The Morgan fingerprint density at radius 1 is 1.14 bits per heavy atom. The summed E-state index contributed by atoms with van der Waals surface area (Å²) in [5.74, 6) is -1.17. The van der Waals surface area contributed by atoms with Gasteiger partial charge in [0.05, 0.1) is 12.1 Å². The molecule has 0 aliphatic rings. The molecule has 4 N–H and O–H groups in total. The number of hydrogen-bond donors (Lipinski definition) is 3. The van der Waals surface area contributed by atoms with Crippen molar-refractivity contribution in [1.29, 1.82) is 0 Å². The number of ether oxygens (including phenoxy) is 1. The lowest BCUT2D eigenvalue weighted by Crippen LogP contribution is -2.46. The van der Waals surface area contributed by atoms with Crippen molar-refractivity contribution in [3.63, 3.8) is 0 Å². The highest BCUT2D eigenvalue weighted by Gasteiger charge is 2.15. The molecule has 22 heavy (non-hydrogen) atoms. The zero-order valence-electron chi connectivity index (χ0n) is 12.9. The highest BCUT2D eigenvalue weighted by Crippen LogP contribution is 2.16. The molecule has 7 heteroatoms. The van der Waals surface area contributed by atoms with Gasteiger partial charge >= 0.3 is 0 Å². The maximum absolute atomic E-state index is 11.6. The van der Waals surface area contributed by atoms with E-state index in [1.165, 1.54) is 6.07 Å².